The topological polar surface area (TPSA) is 59.9 Å². The van der Waals surface area contributed by atoms with Crippen molar-refractivity contribution in [3.05, 3.63) is 107 Å². The lowest BCUT2D eigenvalue weighted by molar-refractivity contribution is -0.120. The fourth-order valence-corrected chi connectivity index (χ4v) is 3.89. The van der Waals surface area contributed by atoms with Crippen LogP contribution in [0.5, 0.6) is 11.5 Å². The maximum Gasteiger partial charge on any atom is 0.244 e. The molecule has 5 nitrogen and oxygen atoms in total. The number of fused-ring (bicyclic) bond motifs is 1. The number of carbonyl (C=O) groups excluding carboxylic acids is 1. The molecular formula is C29H28N2O3. The van der Waals surface area contributed by atoms with Gasteiger partial charge in [0, 0.05) is 0 Å². The van der Waals surface area contributed by atoms with Crippen molar-refractivity contribution in [2.45, 2.75) is 26.9 Å². The van der Waals surface area contributed by atoms with Crippen LogP contribution in [0.15, 0.2) is 84.0 Å². The van der Waals surface area contributed by atoms with Crippen molar-refractivity contribution < 1.29 is 14.3 Å². The minimum atomic E-state index is -0.162. The van der Waals surface area contributed by atoms with E-state index >= 15 is 0 Å². The van der Waals surface area contributed by atoms with Gasteiger partial charge in [0.25, 0.3) is 0 Å². The molecule has 0 fully saturated rings. The lowest BCUT2D eigenvalue weighted by Gasteiger charge is -2.12. The molecule has 4 aromatic carbocycles. The Labute approximate surface area is 200 Å². The summed E-state index contributed by atoms with van der Waals surface area (Å²) in [6.07, 6.45) is 1.88. The number of nitrogens with zero attached hydrogens (tertiary/aromatic N) is 1. The van der Waals surface area contributed by atoms with E-state index < -0.39 is 0 Å². The van der Waals surface area contributed by atoms with Crippen LogP contribution < -0.4 is 14.9 Å². The monoisotopic (exact) mass is 452 g/mol. The first-order chi connectivity index (χ1) is 16.5. The normalized spacial score (nSPS) is 11.0. The van der Waals surface area contributed by atoms with Crippen LogP contribution in [-0.2, 0) is 17.8 Å². The SMILES string of the molecule is COc1cc(/C=N/NC(=O)Cc2ccc(C)cc2C)ccc1OCc1cccc2ccccc12. The van der Waals surface area contributed by atoms with Crippen molar-refractivity contribution in [1.82, 2.24) is 5.43 Å². The molecule has 34 heavy (non-hydrogen) atoms. The molecule has 5 heteroatoms. The average Bonchev–Trinajstić information content (AvgIpc) is 2.84. The molecule has 0 aliphatic heterocycles. The lowest BCUT2D eigenvalue weighted by atomic mass is 10.0. The molecule has 4 aromatic rings. The second-order valence-corrected chi connectivity index (χ2v) is 8.24. The molecule has 0 atom stereocenters. The highest BCUT2D eigenvalue weighted by atomic mass is 16.5. The van der Waals surface area contributed by atoms with E-state index in [9.17, 15) is 4.79 Å². The van der Waals surface area contributed by atoms with Crippen molar-refractivity contribution in [2.75, 3.05) is 7.11 Å². The number of benzene rings is 4. The molecule has 0 aliphatic rings. The highest BCUT2D eigenvalue weighted by molar-refractivity contribution is 5.86. The minimum absolute atomic E-state index is 0.162. The second kappa shape index (κ2) is 10.7. The Balaban J connectivity index is 1.38. The van der Waals surface area contributed by atoms with Gasteiger partial charge in [0.15, 0.2) is 11.5 Å². The zero-order chi connectivity index (χ0) is 23.9. The van der Waals surface area contributed by atoms with Crippen molar-refractivity contribution in [1.29, 1.82) is 0 Å². The number of ether oxygens (including phenoxy) is 2. The maximum absolute atomic E-state index is 12.3. The van der Waals surface area contributed by atoms with E-state index in [1.165, 1.54) is 16.3 Å². The van der Waals surface area contributed by atoms with Crippen LogP contribution in [0, 0.1) is 13.8 Å². The summed E-state index contributed by atoms with van der Waals surface area (Å²) in [5.41, 5.74) is 7.77. The average molecular weight is 453 g/mol. The minimum Gasteiger partial charge on any atom is -0.493 e. The number of methoxy groups -OCH3 is 1. The van der Waals surface area contributed by atoms with Crippen LogP contribution in [0.2, 0.25) is 0 Å². The van der Waals surface area contributed by atoms with E-state index in [1.54, 1.807) is 13.3 Å². The Hall–Kier alpha value is -4.12. The summed E-state index contributed by atoms with van der Waals surface area (Å²) in [5.74, 6) is 1.09. The summed E-state index contributed by atoms with van der Waals surface area (Å²) in [6, 6.07) is 26.1. The molecule has 0 heterocycles. The van der Waals surface area contributed by atoms with Crippen LogP contribution in [0.1, 0.15) is 27.8 Å². The third-order valence-electron chi connectivity index (χ3n) is 5.70. The second-order valence-electron chi connectivity index (χ2n) is 8.24. The molecule has 0 unspecified atom stereocenters. The molecular weight excluding hydrogens is 424 g/mol. The van der Waals surface area contributed by atoms with Crippen molar-refractivity contribution in [3.8, 4) is 11.5 Å². The first-order valence-electron chi connectivity index (χ1n) is 11.2. The summed E-state index contributed by atoms with van der Waals surface area (Å²) in [7, 11) is 1.60. The molecule has 0 radical (unpaired) electrons. The first kappa shape index (κ1) is 23.1. The molecule has 0 aliphatic carbocycles. The number of aryl methyl sites for hydroxylation is 2. The van der Waals surface area contributed by atoms with Crippen molar-refractivity contribution >= 4 is 22.9 Å². The van der Waals surface area contributed by atoms with Gasteiger partial charge in [-0.15, -0.1) is 0 Å². The molecule has 4 rings (SSSR count). The largest absolute Gasteiger partial charge is 0.493 e. The Morgan fingerprint density at radius 1 is 0.912 bits per heavy atom. The molecule has 0 saturated heterocycles. The highest BCUT2D eigenvalue weighted by Gasteiger charge is 2.08. The number of rotatable bonds is 8. The summed E-state index contributed by atoms with van der Waals surface area (Å²) in [6.45, 7) is 4.48. The number of hydrogen-bond acceptors (Lipinski definition) is 4. The van der Waals surface area contributed by atoms with Gasteiger partial charge < -0.3 is 9.47 Å². The standard InChI is InChI=1S/C29H28N2O3/c1-20-11-13-24(21(2)15-20)17-29(32)31-30-18-22-12-14-27(28(16-22)33-3)34-19-25-9-6-8-23-7-4-5-10-26(23)25/h4-16,18H,17,19H2,1-3H3,(H,31,32)/b30-18+. The van der Waals surface area contributed by atoms with Crippen LogP contribution in [0.4, 0.5) is 0 Å². The number of nitrogens with one attached hydrogen (secondary N) is 1. The third-order valence-corrected chi connectivity index (χ3v) is 5.70. The fraction of sp³-hybridized carbons (Fsp3) is 0.172. The van der Waals surface area contributed by atoms with E-state index in [0.717, 1.165) is 22.3 Å². The van der Waals surface area contributed by atoms with Gasteiger partial charge in [0.05, 0.1) is 19.7 Å². The van der Waals surface area contributed by atoms with Gasteiger partial charge in [0.1, 0.15) is 6.61 Å². The number of carbonyl (C=O) groups is 1. The van der Waals surface area contributed by atoms with E-state index in [1.807, 2.05) is 62.4 Å². The molecule has 172 valence electrons. The molecule has 1 N–H and O–H groups in total. The molecule has 0 aromatic heterocycles. The van der Waals surface area contributed by atoms with Crippen LogP contribution in [0.3, 0.4) is 0 Å². The summed E-state index contributed by atoms with van der Waals surface area (Å²) >= 11 is 0. The molecule has 1 amide bonds. The van der Waals surface area contributed by atoms with Gasteiger partial charge >= 0.3 is 0 Å². The van der Waals surface area contributed by atoms with Gasteiger partial charge in [-0.05, 0) is 65.1 Å². The van der Waals surface area contributed by atoms with Gasteiger partial charge in [-0.2, -0.15) is 5.10 Å². The summed E-state index contributed by atoms with van der Waals surface area (Å²) in [5, 5.41) is 6.45. The maximum atomic E-state index is 12.3. The van der Waals surface area contributed by atoms with Gasteiger partial charge in [-0.1, -0.05) is 66.2 Å². The predicted octanol–water partition coefficient (Wildman–Crippen LogP) is 5.74. The van der Waals surface area contributed by atoms with Crippen LogP contribution >= 0.6 is 0 Å². The van der Waals surface area contributed by atoms with Crippen molar-refractivity contribution in [2.24, 2.45) is 5.10 Å². The van der Waals surface area contributed by atoms with E-state index in [2.05, 4.69) is 40.9 Å². The highest BCUT2D eigenvalue weighted by Crippen LogP contribution is 2.29. The third kappa shape index (κ3) is 5.62. The van der Waals surface area contributed by atoms with Gasteiger partial charge in [0.2, 0.25) is 5.91 Å². The van der Waals surface area contributed by atoms with Gasteiger partial charge in [-0.25, -0.2) is 5.43 Å². The quantitative estimate of drug-likeness (QED) is 0.274. The molecule has 0 spiro atoms. The van der Waals surface area contributed by atoms with E-state index in [4.69, 9.17) is 9.47 Å². The number of amides is 1. The Bertz CT molecular complexity index is 1340. The lowest BCUT2D eigenvalue weighted by Crippen LogP contribution is -2.20. The summed E-state index contributed by atoms with van der Waals surface area (Å²) < 4.78 is 11.6. The van der Waals surface area contributed by atoms with Crippen LogP contribution in [0.25, 0.3) is 10.8 Å². The van der Waals surface area contributed by atoms with Crippen molar-refractivity contribution in [3.63, 3.8) is 0 Å². The zero-order valence-corrected chi connectivity index (χ0v) is 19.7. The first-order valence-corrected chi connectivity index (χ1v) is 11.2. The summed E-state index contributed by atoms with van der Waals surface area (Å²) in [4.78, 5) is 12.3. The molecule has 0 bridgehead atoms. The van der Waals surface area contributed by atoms with E-state index in [0.29, 0.717) is 18.1 Å². The number of hydrazone groups is 1. The smallest absolute Gasteiger partial charge is 0.244 e. The number of hydrogen-bond donors (Lipinski definition) is 1. The Morgan fingerprint density at radius 2 is 1.74 bits per heavy atom. The molecule has 0 saturated carbocycles. The Kier molecular flexibility index (Phi) is 7.23. The van der Waals surface area contributed by atoms with E-state index in [-0.39, 0.29) is 12.3 Å². The van der Waals surface area contributed by atoms with Crippen LogP contribution in [-0.4, -0.2) is 19.2 Å². The zero-order valence-electron chi connectivity index (χ0n) is 19.7. The Morgan fingerprint density at radius 3 is 2.56 bits per heavy atom. The fourth-order valence-electron chi connectivity index (χ4n) is 3.89. The predicted molar refractivity (Wildman–Crippen MR) is 137 cm³/mol. The van der Waals surface area contributed by atoms with Gasteiger partial charge in [-0.3, -0.25) is 4.79 Å².